The van der Waals surface area contributed by atoms with Gasteiger partial charge in [0, 0.05) is 12.2 Å². The lowest BCUT2D eigenvalue weighted by atomic mass is 9.96. The molecule has 2 atom stereocenters. The summed E-state index contributed by atoms with van der Waals surface area (Å²) in [5.41, 5.74) is 7.16. The number of hydrogen-bond donors (Lipinski definition) is 4. The van der Waals surface area contributed by atoms with Gasteiger partial charge in [-0.15, -0.1) is 0 Å². The molecule has 0 heterocycles. The molecule has 0 aliphatic carbocycles. The van der Waals surface area contributed by atoms with Gasteiger partial charge in [0.1, 0.15) is 5.60 Å². The van der Waals surface area contributed by atoms with Crippen molar-refractivity contribution in [3.63, 3.8) is 0 Å². The maximum atomic E-state index is 11.9. The van der Waals surface area contributed by atoms with Crippen LogP contribution in [0.15, 0.2) is 54.6 Å². The van der Waals surface area contributed by atoms with Gasteiger partial charge in [-0.2, -0.15) is 0 Å². The van der Waals surface area contributed by atoms with Crippen LogP contribution in [0.4, 0.5) is 5.69 Å². The van der Waals surface area contributed by atoms with Gasteiger partial charge in [-0.3, -0.25) is 0 Å². The van der Waals surface area contributed by atoms with Gasteiger partial charge >= 0.3 is 0 Å². The van der Waals surface area contributed by atoms with Crippen LogP contribution in [-0.4, -0.2) is 31.9 Å². The molecule has 0 bridgehead atoms. The molecule has 0 aliphatic heterocycles. The second-order valence-electron chi connectivity index (χ2n) is 7.45. The van der Waals surface area contributed by atoms with E-state index in [-0.39, 0.29) is 12.6 Å². The molecule has 7 heteroatoms. The smallest absolute Gasteiger partial charge is 0.214 e. The van der Waals surface area contributed by atoms with Gasteiger partial charge in [0.15, 0.2) is 0 Å². The summed E-state index contributed by atoms with van der Waals surface area (Å²) in [7, 11) is -3.43. The number of anilines is 1. The Morgan fingerprint density at radius 2 is 1.68 bits per heavy atom. The number of benzene rings is 2. The first kappa shape index (κ1) is 22.4. The van der Waals surface area contributed by atoms with Crippen molar-refractivity contribution in [1.29, 1.82) is 0 Å². The highest BCUT2D eigenvalue weighted by atomic mass is 32.2. The molecule has 0 aromatic heterocycles. The molecule has 2 rings (SSSR count). The normalized spacial score (nSPS) is 15.2. The van der Waals surface area contributed by atoms with Crippen molar-refractivity contribution in [2.75, 3.05) is 18.4 Å². The minimum atomic E-state index is -3.43. The summed E-state index contributed by atoms with van der Waals surface area (Å²) in [5.74, 6) is 0. The first-order valence-corrected chi connectivity index (χ1v) is 11.0. The highest BCUT2D eigenvalue weighted by molar-refractivity contribution is 7.90. The number of rotatable bonds is 10. The molecule has 2 aromatic rings. The first-order valence-electron chi connectivity index (χ1n) is 9.48. The number of sulfonamides is 1. The Labute approximate surface area is 168 Å². The van der Waals surface area contributed by atoms with Crippen LogP contribution in [0, 0.1) is 0 Å². The lowest BCUT2D eigenvalue weighted by Crippen LogP contribution is -2.41. The third-order valence-electron chi connectivity index (χ3n) is 4.74. The third-order valence-corrected chi connectivity index (χ3v) is 6.53. The Morgan fingerprint density at radius 3 is 2.21 bits per heavy atom. The Bertz CT molecular complexity index is 835. The second kappa shape index (κ2) is 9.52. The van der Waals surface area contributed by atoms with Crippen LogP contribution in [0.1, 0.15) is 44.4 Å². The minimum Gasteiger partial charge on any atom is -0.384 e. The molecule has 5 N–H and O–H groups in total. The predicted octanol–water partition coefficient (Wildman–Crippen LogP) is 2.72. The van der Waals surface area contributed by atoms with Crippen LogP contribution in [-0.2, 0) is 15.6 Å². The molecule has 2 unspecified atom stereocenters. The fourth-order valence-electron chi connectivity index (χ4n) is 2.81. The largest absolute Gasteiger partial charge is 0.384 e. The molecule has 0 radical (unpaired) electrons. The molecule has 0 saturated carbocycles. The zero-order valence-electron chi connectivity index (χ0n) is 16.7. The number of aliphatic hydroxyl groups is 1. The zero-order chi connectivity index (χ0) is 20.8. The Morgan fingerprint density at radius 1 is 1.07 bits per heavy atom. The van der Waals surface area contributed by atoms with E-state index in [1.807, 2.05) is 30.3 Å². The lowest BCUT2D eigenvalue weighted by Gasteiger charge is -2.26. The summed E-state index contributed by atoms with van der Waals surface area (Å²) >= 11 is 0. The second-order valence-corrected chi connectivity index (χ2v) is 9.77. The maximum absolute atomic E-state index is 11.9. The van der Waals surface area contributed by atoms with Gasteiger partial charge in [0.05, 0.1) is 11.3 Å². The van der Waals surface area contributed by atoms with Crippen LogP contribution in [0.25, 0.3) is 0 Å². The molecule has 0 aliphatic rings. The van der Waals surface area contributed by atoms with Gasteiger partial charge in [-0.05, 0) is 57.0 Å². The van der Waals surface area contributed by atoms with E-state index in [1.54, 1.807) is 32.9 Å². The average Bonchev–Trinajstić information content (AvgIpc) is 2.67. The molecule has 0 saturated heterocycles. The average molecular weight is 406 g/mol. The van der Waals surface area contributed by atoms with Crippen LogP contribution >= 0.6 is 0 Å². The summed E-state index contributed by atoms with van der Waals surface area (Å²) in [6, 6.07) is 17.6. The quantitative estimate of drug-likeness (QED) is 0.486. The van der Waals surface area contributed by atoms with Crippen molar-refractivity contribution in [3.8, 4) is 0 Å². The van der Waals surface area contributed by atoms with Crippen molar-refractivity contribution in [2.24, 2.45) is 5.73 Å². The standard InChI is InChI=1S/C21H31N3O3S/c1-16(2)28(26,27)23-15-21(3,25)18-9-11-19(12-10-18)24-20(13-14-22)17-7-5-4-6-8-17/h4-12,16,20,23-25H,13-15,22H2,1-3H3. The SMILES string of the molecule is CC(C)S(=O)(=O)NCC(C)(O)c1ccc(NC(CCN)c2ccccc2)cc1. The summed E-state index contributed by atoms with van der Waals surface area (Å²) in [6.45, 7) is 5.28. The van der Waals surface area contributed by atoms with E-state index in [9.17, 15) is 13.5 Å². The fourth-order valence-corrected chi connectivity index (χ4v) is 3.63. The molecule has 28 heavy (non-hydrogen) atoms. The van der Waals surface area contributed by atoms with Gasteiger partial charge < -0.3 is 16.2 Å². The topological polar surface area (TPSA) is 104 Å². The fraction of sp³-hybridized carbons (Fsp3) is 0.429. The molecular weight excluding hydrogens is 374 g/mol. The highest BCUT2D eigenvalue weighted by Crippen LogP contribution is 2.26. The summed E-state index contributed by atoms with van der Waals surface area (Å²) < 4.78 is 26.4. The van der Waals surface area contributed by atoms with E-state index in [4.69, 9.17) is 5.73 Å². The maximum Gasteiger partial charge on any atom is 0.214 e. The molecular formula is C21H31N3O3S. The van der Waals surface area contributed by atoms with Gasteiger partial charge in [0.2, 0.25) is 10.0 Å². The Kier molecular flexibility index (Phi) is 7.60. The summed E-state index contributed by atoms with van der Waals surface area (Å²) in [4.78, 5) is 0. The van der Waals surface area contributed by atoms with Gasteiger partial charge in [-0.25, -0.2) is 13.1 Å². The van der Waals surface area contributed by atoms with E-state index in [0.29, 0.717) is 12.1 Å². The number of nitrogens with two attached hydrogens (primary N) is 1. The zero-order valence-corrected chi connectivity index (χ0v) is 17.5. The van der Waals surface area contributed by atoms with E-state index in [1.165, 1.54) is 0 Å². The summed E-state index contributed by atoms with van der Waals surface area (Å²) in [6.07, 6.45) is 0.792. The van der Waals surface area contributed by atoms with Crippen molar-refractivity contribution in [1.82, 2.24) is 4.72 Å². The predicted molar refractivity (Wildman–Crippen MR) is 115 cm³/mol. The molecule has 2 aromatic carbocycles. The number of hydrogen-bond acceptors (Lipinski definition) is 5. The Balaban J connectivity index is 2.09. The van der Waals surface area contributed by atoms with E-state index < -0.39 is 20.9 Å². The van der Waals surface area contributed by atoms with E-state index in [0.717, 1.165) is 17.7 Å². The molecule has 0 fully saturated rings. The lowest BCUT2D eigenvalue weighted by molar-refractivity contribution is 0.0627. The van der Waals surface area contributed by atoms with E-state index in [2.05, 4.69) is 22.2 Å². The van der Waals surface area contributed by atoms with Gasteiger partial charge in [0.25, 0.3) is 0 Å². The molecule has 0 amide bonds. The monoisotopic (exact) mass is 405 g/mol. The van der Waals surface area contributed by atoms with Crippen molar-refractivity contribution < 1.29 is 13.5 Å². The third kappa shape index (κ3) is 6.04. The Hall–Kier alpha value is -1.93. The van der Waals surface area contributed by atoms with Crippen molar-refractivity contribution in [2.45, 2.75) is 44.1 Å². The van der Waals surface area contributed by atoms with Crippen LogP contribution < -0.4 is 15.8 Å². The van der Waals surface area contributed by atoms with Gasteiger partial charge in [-0.1, -0.05) is 42.5 Å². The molecule has 6 nitrogen and oxygen atoms in total. The van der Waals surface area contributed by atoms with Crippen molar-refractivity contribution in [3.05, 3.63) is 65.7 Å². The minimum absolute atomic E-state index is 0.0832. The van der Waals surface area contributed by atoms with Crippen LogP contribution in [0.5, 0.6) is 0 Å². The molecule has 154 valence electrons. The van der Waals surface area contributed by atoms with Crippen LogP contribution in [0.3, 0.4) is 0 Å². The number of nitrogens with one attached hydrogen (secondary N) is 2. The van der Waals surface area contributed by atoms with E-state index >= 15 is 0 Å². The summed E-state index contributed by atoms with van der Waals surface area (Å²) in [5, 5.41) is 13.6. The van der Waals surface area contributed by atoms with Crippen LogP contribution in [0.2, 0.25) is 0 Å². The highest BCUT2D eigenvalue weighted by Gasteiger charge is 2.26. The molecule has 0 spiro atoms. The first-order chi connectivity index (χ1) is 13.2. The van der Waals surface area contributed by atoms with Crippen molar-refractivity contribution >= 4 is 15.7 Å².